The van der Waals surface area contributed by atoms with Crippen LogP contribution in [0.15, 0.2) is 67.3 Å². The molecule has 1 aliphatic rings. The lowest BCUT2D eigenvalue weighted by Crippen LogP contribution is -2.37. The largest absolute Gasteiger partial charge is 0.497 e. The molecular formula is C20H23NO2. The van der Waals surface area contributed by atoms with Crippen LogP contribution in [0.4, 0.5) is 0 Å². The molecule has 1 heterocycles. The van der Waals surface area contributed by atoms with E-state index in [0.717, 1.165) is 16.9 Å². The first-order valence-electron chi connectivity index (χ1n) is 7.67. The highest BCUT2D eigenvalue weighted by Gasteiger charge is 2.28. The molecule has 0 unspecified atom stereocenters. The van der Waals surface area contributed by atoms with Crippen LogP contribution in [0.25, 0.3) is 0 Å². The number of fused-ring (bicyclic) bond motifs is 1. The van der Waals surface area contributed by atoms with E-state index >= 15 is 0 Å². The molecule has 3 nitrogen and oxygen atoms in total. The topological polar surface area (TPSA) is 29.5 Å². The molecule has 0 saturated carbocycles. The van der Waals surface area contributed by atoms with Gasteiger partial charge in [0.2, 0.25) is 5.91 Å². The minimum atomic E-state index is -0.0540. The van der Waals surface area contributed by atoms with Gasteiger partial charge in [-0.15, -0.1) is 0 Å². The van der Waals surface area contributed by atoms with Gasteiger partial charge < -0.3 is 9.64 Å². The summed E-state index contributed by atoms with van der Waals surface area (Å²) >= 11 is 0. The van der Waals surface area contributed by atoms with E-state index in [0.29, 0.717) is 13.1 Å². The second-order valence-electron chi connectivity index (χ2n) is 5.50. The van der Waals surface area contributed by atoms with Crippen LogP contribution in [0.1, 0.15) is 24.0 Å². The third kappa shape index (κ3) is 3.81. The number of hydrogen-bond acceptors (Lipinski definition) is 2. The number of rotatable bonds is 5. The van der Waals surface area contributed by atoms with Gasteiger partial charge in [-0.2, -0.15) is 0 Å². The predicted molar refractivity (Wildman–Crippen MR) is 94.4 cm³/mol. The van der Waals surface area contributed by atoms with Gasteiger partial charge in [0.15, 0.2) is 0 Å². The average Bonchev–Trinajstić information content (AvgIpc) is 2.59. The maximum Gasteiger partial charge on any atom is 0.246 e. The van der Waals surface area contributed by atoms with E-state index in [1.807, 2.05) is 49.4 Å². The number of methoxy groups -OCH3 is 1. The number of amides is 1. The van der Waals surface area contributed by atoms with Crippen LogP contribution in [0.5, 0.6) is 5.75 Å². The van der Waals surface area contributed by atoms with Gasteiger partial charge in [-0.3, -0.25) is 4.79 Å². The first-order chi connectivity index (χ1) is 11.1. The Balaban J connectivity index is 2.40. The van der Waals surface area contributed by atoms with Crippen molar-refractivity contribution in [3.05, 3.63) is 78.4 Å². The highest BCUT2D eigenvalue weighted by Crippen LogP contribution is 2.35. The molecule has 0 aliphatic carbocycles. The Morgan fingerprint density at radius 3 is 2.83 bits per heavy atom. The van der Waals surface area contributed by atoms with Crippen molar-refractivity contribution in [2.75, 3.05) is 13.7 Å². The first kappa shape index (κ1) is 16.8. The molecule has 0 aromatic heterocycles. The van der Waals surface area contributed by atoms with Crippen molar-refractivity contribution >= 4 is 5.91 Å². The van der Waals surface area contributed by atoms with E-state index < -0.39 is 0 Å². The van der Waals surface area contributed by atoms with E-state index in [-0.39, 0.29) is 11.8 Å². The van der Waals surface area contributed by atoms with E-state index in [4.69, 9.17) is 4.74 Å². The molecule has 1 atom stereocenters. The van der Waals surface area contributed by atoms with Crippen LogP contribution in [0.3, 0.4) is 0 Å². The number of hydrogen-bond donors (Lipinski definition) is 0. The monoisotopic (exact) mass is 309 g/mol. The van der Waals surface area contributed by atoms with Crippen LogP contribution >= 0.6 is 0 Å². The van der Waals surface area contributed by atoms with Crippen molar-refractivity contribution in [1.82, 2.24) is 4.90 Å². The second-order valence-corrected chi connectivity index (χ2v) is 5.50. The number of benzene rings is 1. The number of allylic oxidation sites excluding steroid dienone is 4. The van der Waals surface area contributed by atoms with Crippen molar-refractivity contribution < 1.29 is 9.53 Å². The summed E-state index contributed by atoms with van der Waals surface area (Å²) in [6.45, 7) is 11.0. The quantitative estimate of drug-likeness (QED) is 0.608. The second kappa shape index (κ2) is 7.63. The third-order valence-electron chi connectivity index (χ3n) is 4.04. The van der Waals surface area contributed by atoms with Crippen LogP contribution < -0.4 is 4.74 Å². The van der Waals surface area contributed by atoms with Crippen molar-refractivity contribution in [3.8, 4) is 5.75 Å². The van der Waals surface area contributed by atoms with Gasteiger partial charge in [-0.1, -0.05) is 43.5 Å². The summed E-state index contributed by atoms with van der Waals surface area (Å²) in [4.78, 5) is 13.9. The molecule has 0 radical (unpaired) electrons. The molecule has 0 N–H and O–H groups in total. The Bertz CT molecular complexity index is 670. The van der Waals surface area contributed by atoms with Crippen LogP contribution in [-0.4, -0.2) is 24.5 Å². The normalized spacial score (nSPS) is 17.3. The van der Waals surface area contributed by atoms with E-state index in [1.54, 1.807) is 12.0 Å². The third-order valence-corrected chi connectivity index (χ3v) is 4.04. The van der Waals surface area contributed by atoms with Crippen LogP contribution in [0, 0.1) is 0 Å². The summed E-state index contributed by atoms with van der Waals surface area (Å²) < 4.78 is 5.35. The van der Waals surface area contributed by atoms with Crippen molar-refractivity contribution in [3.63, 3.8) is 0 Å². The summed E-state index contributed by atoms with van der Waals surface area (Å²) in [5, 5.41) is 0. The molecule has 1 aliphatic heterocycles. The van der Waals surface area contributed by atoms with Crippen molar-refractivity contribution in [2.24, 2.45) is 0 Å². The van der Waals surface area contributed by atoms with Gasteiger partial charge in [-0.25, -0.2) is 0 Å². The lowest BCUT2D eigenvalue weighted by Gasteiger charge is -2.35. The molecule has 0 fully saturated rings. The van der Waals surface area contributed by atoms with E-state index in [9.17, 15) is 4.79 Å². The fourth-order valence-electron chi connectivity index (χ4n) is 2.78. The molecule has 23 heavy (non-hydrogen) atoms. The number of carbonyl (C=O) groups is 1. The van der Waals surface area contributed by atoms with Gasteiger partial charge >= 0.3 is 0 Å². The highest BCUT2D eigenvalue weighted by molar-refractivity contribution is 5.87. The summed E-state index contributed by atoms with van der Waals surface area (Å²) in [5.41, 5.74) is 3.27. The number of ether oxygens (including phenoxy) is 1. The summed E-state index contributed by atoms with van der Waals surface area (Å²) in [6.07, 6.45) is 9.26. The summed E-state index contributed by atoms with van der Waals surface area (Å²) in [6, 6.07) is 5.99. The van der Waals surface area contributed by atoms with Crippen molar-refractivity contribution in [2.45, 2.75) is 19.4 Å². The molecule has 3 heteroatoms. The fraction of sp³-hybridized carbons (Fsp3) is 0.250. The molecule has 0 saturated heterocycles. The number of nitrogens with zero attached hydrogens (tertiary/aromatic N) is 1. The zero-order valence-corrected chi connectivity index (χ0v) is 13.8. The van der Waals surface area contributed by atoms with Crippen molar-refractivity contribution in [1.29, 1.82) is 0 Å². The zero-order valence-electron chi connectivity index (χ0n) is 13.8. The van der Waals surface area contributed by atoms with Gasteiger partial charge in [-0.05, 0) is 41.8 Å². The molecule has 1 aromatic rings. The Morgan fingerprint density at radius 2 is 2.17 bits per heavy atom. The Kier molecular flexibility index (Phi) is 5.58. The zero-order chi connectivity index (χ0) is 16.8. The molecule has 1 aromatic carbocycles. The maximum absolute atomic E-state index is 12.1. The minimum absolute atomic E-state index is 0.0540. The molecular weight excluding hydrogens is 286 g/mol. The summed E-state index contributed by atoms with van der Waals surface area (Å²) in [7, 11) is 1.66. The van der Waals surface area contributed by atoms with Gasteiger partial charge in [0.25, 0.3) is 0 Å². The van der Waals surface area contributed by atoms with Crippen LogP contribution in [0.2, 0.25) is 0 Å². The summed E-state index contributed by atoms with van der Waals surface area (Å²) in [5.74, 6) is 0.823. The average molecular weight is 309 g/mol. The Morgan fingerprint density at radius 1 is 1.39 bits per heavy atom. The van der Waals surface area contributed by atoms with E-state index in [2.05, 4.69) is 13.2 Å². The lowest BCUT2D eigenvalue weighted by atomic mass is 9.84. The fourth-order valence-corrected chi connectivity index (χ4v) is 2.78. The maximum atomic E-state index is 12.1. The van der Waals surface area contributed by atoms with E-state index in [1.165, 1.54) is 11.6 Å². The molecule has 2 rings (SSSR count). The Hall–Kier alpha value is -2.55. The Labute approximate surface area is 138 Å². The van der Waals surface area contributed by atoms with Crippen LogP contribution in [-0.2, 0) is 11.3 Å². The molecule has 1 amide bonds. The van der Waals surface area contributed by atoms with Gasteiger partial charge in [0, 0.05) is 19.0 Å². The minimum Gasteiger partial charge on any atom is -0.497 e. The first-order valence-corrected chi connectivity index (χ1v) is 7.67. The highest BCUT2D eigenvalue weighted by atomic mass is 16.5. The number of carbonyl (C=O) groups excluding carboxylic acids is 1. The molecule has 0 bridgehead atoms. The SMILES string of the molecule is C=CC(=O)N1Cc2ccc(OC)cc2[C@@H](C(=C)/C=C\C=C/C)C1. The molecule has 0 spiro atoms. The standard InChI is InChI=1S/C20H23NO2/c1-5-7-8-9-15(3)19-14-21(20(22)6-2)13-16-10-11-17(23-4)12-18(16)19/h5-12,19H,2-3,13-14H2,1,4H3/b7-5-,9-8-/t19-/m1/s1. The lowest BCUT2D eigenvalue weighted by molar-refractivity contribution is -0.127. The van der Waals surface area contributed by atoms with Gasteiger partial charge in [0.1, 0.15) is 5.75 Å². The molecule has 120 valence electrons. The predicted octanol–water partition coefficient (Wildman–Crippen LogP) is 4.00. The smallest absolute Gasteiger partial charge is 0.246 e. The van der Waals surface area contributed by atoms with Gasteiger partial charge in [0.05, 0.1) is 7.11 Å².